The van der Waals surface area contributed by atoms with Crippen LogP contribution in [0.5, 0.6) is 0 Å². The lowest BCUT2D eigenvalue weighted by Crippen LogP contribution is -2.49. The lowest BCUT2D eigenvalue weighted by molar-refractivity contribution is -0.174. The molecule has 0 bridgehead atoms. The Bertz CT molecular complexity index is 1200. The van der Waals surface area contributed by atoms with Gasteiger partial charge in [-0.25, -0.2) is 15.0 Å². The molecule has 5 rings (SSSR count). The number of halogens is 3. The van der Waals surface area contributed by atoms with E-state index in [1.54, 1.807) is 16.9 Å². The van der Waals surface area contributed by atoms with E-state index in [2.05, 4.69) is 37.3 Å². The second kappa shape index (κ2) is 11.7. The summed E-state index contributed by atoms with van der Waals surface area (Å²) < 4.78 is 44.5. The highest BCUT2D eigenvalue weighted by Gasteiger charge is 2.28. The zero-order valence-corrected chi connectivity index (χ0v) is 21.4. The summed E-state index contributed by atoms with van der Waals surface area (Å²) in [6.07, 6.45) is 2.14. The van der Waals surface area contributed by atoms with Crippen LogP contribution in [0.3, 0.4) is 0 Å². The van der Waals surface area contributed by atoms with Gasteiger partial charge in [-0.3, -0.25) is 9.58 Å². The van der Waals surface area contributed by atoms with Gasteiger partial charge in [-0.15, -0.1) is 0 Å². The Labute approximate surface area is 218 Å². The molecule has 5 heterocycles. The highest BCUT2D eigenvalue weighted by molar-refractivity contribution is 5.90. The second-order valence-electron chi connectivity index (χ2n) is 9.76. The Morgan fingerprint density at radius 1 is 1.16 bits per heavy atom. The minimum Gasteiger partial charge on any atom is -0.370 e. The molecule has 3 aromatic heterocycles. The van der Waals surface area contributed by atoms with Crippen LogP contribution < -0.4 is 15.5 Å². The number of anilines is 3. The quantitative estimate of drug-likeness (QED) is 0.398. The number of alkyl halides is 3. The van der Waals surface area contributed by atoms with Crippen LogP contribution >= 0.6 is 0 Å². The fraction of sp³-hybridized carbons (Fsp3) is 0.625. The van der Waals surface area contributed by atoms with Gasteiger partial charge in [-0.05, 0) is 38.9 Å². The zero-order chi connectivity index (χ0) is 26.5. The van der Waals surface area contributed by atoms with E-state index in [4.69, 9.17) is 19.8 Å². The number of ether oxygens (including phenoxy) is 1. The van der Waals surface area contributed by atoms with Gasteiger partial charge in [0, 0.05) is 38.4 Å². The maximum atomic E-state index is 12.7. The molecule has 11 nitrogen and oxygen atoms in total. The Balaban J connectivity index is 1.54. The molecule has 2 aliphatic heterocycles. The van der Waals surface area contributed by atoms with E-state index in [-0.39, 0.29) is 19.2 Å². The minimum absolute atomic E-state index is 0.123. The maximum absolute atomic E-state index is 12.7. The number of piperazine rings is 1. The summed E-state index contributed by atoms with van der Waals surface area (Å²) in [5.41, 5.74) is 2.06. The molecule has 0 radical (unpaired) electrons. The topological polar surface area (TPSA) is 109 Å². The first kappa shape index (κ1) is 26.5. The molecule has 0 amide bonds. The van der Waals surface area contributed by atoms with Gasteiger partial charge in [0.25, 0.3) is 0 Å². The molecule has 0 aliphatic carbocycles. The van der Waals surface area contributed by atoms with Gasteiger partial charge in [-0.1, -0.05) is 6.42 Å². The number of nitrogens with zero attached hydrogens (tertiary/aromatic N) is 8. The van der Waals surface area contributed by atoms with Crippen LogP contribution in [0.1, 0.15) is 31.9 Å². The van der Waals surface area contributed by atoms with E-state index in [0.717, 1.165) is 51.3 Å². The summed E-state index contributed by atoms with van der Waals surface area (Å²) in [6, 6.07) is 2.00. The van der Waals surface area contributed by atoms with Crippen molar-refractivity contribution in [2.24, 2.45) is 0 Å². The molecule has 2 N–H and O–H groups in total. The molecule has 0 aromatic carbocycles. The van der Waals surface area contributed by atoms with Gasteiger partial charge in [0.1, 0.15) is 35.5 Å². The predicted molar refractivity (Wildman–Crippen MR) is 136 cm³/mol. The van der Waals surface area contributed by atoms with Gasteiger partial charge < -0.3 is 20.3 Å². The van der Waals surface area contributed by atoms with Gasteiger partial charge in [0.15, 0.2) is 5.82 Å². The third-order valence-electron chi connectivity index (χ3n) is 6.66. The normalized spacial score (nSPS) is 19.3. The number of likely N-dealkylation sites (tertiary alicyclic amines) is 1. The molecule has 0 unspecified atom stereocenters. The lowest BCUT2D eigenvalue weighted by atomic mass is 10.1. The van der Waals surface area contributed by atoms with E-state index < -0.39 is 12.8 Å². The molecule has 206 valence electrons. The number of aromatic nitrogens is 6. The number of rotatable bonds is 9. The van der Waals surface area contributed by atoms with Crippen molar-refractivity contribution < 1.29 is 17.9 Å². The van der Waals surface area contributed by atoms with Crippen LogP contribution in [0.4, 0.5) is 30.8 Å². The summed E-state index contributed by atoms with van der Waals surface area (Å²) >= 11 is 0. The van der Waals surface area contributed by atoms with E-state index in [1.165, 1.54) is 12.7 Å². The Morgan fingerprint density at radius 3 is 2.74 bits per heavy atom. The number of fused-ring (bicyclic) bond motifs is 1. The van der Waals surface area contributed by atoms with Gasteiger partial charge in [-0.2, -0.15) is 23.3 Å². The van der Waals surface area contributed by atoms with Crippen LogP contribution in [-0.4, -0.2) is 92.8 Å². The largest absolute Gasteiger partial charge is 0.411 e. The summed E-state index contributed by atoms with van der Waals surface area (Å²) in [6.45, 7) is 5.66. The van der Waals surface area contributed by atoms with Crippen molar-refractivity contribution in [3.05, 3.63) is 24.3 Å². The Hall–Kier alpha value is -3.10. The molecule has 2 saturated heterocycles. The van der Waals surface area contributed by atoms with Crippen molar-refractivity contribution in [1.82, 2.24) is 39.9 Å². The van der Waals surface area contributed by atoms with Crippen molar-refractivity contribution in [2.45, 2.75) is 51.5 Å². The Kier molecular flexibility index (Phi) is 8.19. The lowest BCUT2D eigenvalue weighted by Gasteiger charge is -2.32. The standard InChI is InChI=1S/C24H33F3N10O/c1-17-13-36(10-7-29-17)23-32-20-18(14-35-8-3-2-4-9-35)34-37(11-12-38-15-24(25,26)27)21(20)22(33-23)31-19-5-6-28-16-30-19/h5-6,16-17,29H,2-4,7-15H2,1H3,(H,28,30,31,32,33)/t17-/m0/s1. The summed E-state index contributed by atoms with van der Waals surface area (Å²) in [5, 5.41) is 11.5. The first-order valence-electron chi connectivity index (χ1n) is 13.0. The number of nitrogens with one attached hydrogen (secondary N) is 2. The molecule has 3 aromatic rings. The molecule has 2 fully saturated rings. The predicted octanol–water partition coefficient (Wildman–Crippen LogP) is 2.72. The summed E-state index contributed by atoms with van der Waals surface area (Å²) in [5.74, 6) is 1.61. The number of piperidine rings is 1. The monoisotopic (exact) mass is 534 g/mol. The molecule has 2 aliphatic rings. The molecule has 0 spiro atoms. The third kappa shape index (κ3) is 6.66. The van der Waals surface area contributed by atoms with Crippen LogP contribution in [0.25, 0.3) is 11.0 Å². The van der Waals surface area contributed by atoms with Crippen molar-refractivity contribution in [2.75, 3.05) is 56.2 Å². The minimum atomic E-state index is -4.39. The van der Waals surface area contributed by atoms with Crippen molar-refractivity contribution in [1.29, 1.82) is 0 Å². The molecule has 0 saturated carbocycles. The third-order valence-corrected chi connectivity index (χ3v) is 6.66. The van der Waals surface area contributed by atoms with E-state index in [1.807, 2.05) is 0 Å². The molecular formula is C24H33F3N10O. The maximum Gasteiger partial charge on any atom is 0.411 e. The molecular weight excluding hydrogens is 501 g/mol. The SMILES string of the molecule is C[C@H]1CN(c2nc(Nc3ccncn3)c3c(n2)c(CN2CCCCC2)nn3CCOCC(F)(F)F)CCN1. The fourth-order valence-electron chi connectivity index (χ4n) is 4.90. The summed E-state index contributed by atoms with van der Waals surface area (Å²) in [7, 11) is 0. The van der Waals surface area contributed by atoms with Crippen LogP contribution in [0.15, 0.2) is 18.6 Å². The average molecular weight is 535 g/mol. The van der Waals surface area contributed by atoms with E-state index >= 15 is 0 Å². The van der Waals surface area contributed by atoms with Crippen molar-refractivity contribution >= 4 is 28.6 Å². The molecule has 14 heteroatoms. The smallest absolute Gasteiger partial charge is 0.370 e. The second-order valence-corrected chi connectivity index (χ2v) is 9.76. The van der Waals surface area contributed by atoms with Crippen LogP contribution in [-0.2, 0) is 17.8 Å². The molecule has 1 atom stereocenters. The fourth-order valence-corrected chi connectivity index (χ4v) is 4.90. The van der Waals surface area contributed by atoms with Crippen molar-refractivity contribution in [3.8, 4) is 0 Å². The van der Waals surface area contributed by atoms with Gasteiger partial charge in [0.05, 0.1) is 13.2 Å². The number of hydrogen-bond acceptors (Lipinski definition) is 10. The number of hydrogen-bond donors (Lipinski definition) is 2. The average Bonchev–Trinajstić information content (AvgIpc) is 3.24. The van der Waals surface area contributed by atoms with Crippen molar-refractivity contribution in [3.63, 3.8) is 0 Å². The van der Waals surface area contributed by atoms with Gasteiger partial charge >= 0.3 is 6.18 Å². The van der Waals surface area contributed by atoms with Crippen LogP contribution in [0, 0.1) is 0 Å². The Morgan fingerprint density at radius 2 is 2.00 bits per heavy atom. The summed E-state index contributed by atoms with van der Waals surface area (Å²) in [4.78, 5) is 22.6. The van der Waals surface area contributed by atoms with Crippen LogP contribution in [0.2, 0.25) is 0 Å². The van der Waals surface area contributed by atoms with E-state index in [0.29, 0.717) is 35.2 Å². The van der Waals surface area contributed by atoms with E-state index in [9.17, 15) is 13.2 Å². The first-order chi connectivity index (χ1) is 18.4. The van der Waals surface area contributed by atoms with Gasteiger partial charge in [0.2, 0.25) is 5.95 Å². The first-order valence-corrected chi connectivity index (χ1v) is 13.0. The highest BCUT2D eigenvalue weighted by atomic mass is 19.4. The molecule has 38 heavy (non-hydrogen) atoms. The highest BCUT2D eigenvalue weighted by Crippen LogP contribution is 2.30. The zero-order valence-electron chi connectivity index (χ0n) is 21.4.